The van der Waals surface area contributed by atoms with Gasteiger partial charge in [0.05, 0.1) is 38.3 Å². The summed E-state index contributed by atoms with van der Waals surface area (Å²) in [6.07, 6.45) is 0.503. The first-order valence-corrected chi connectivity index (χ1v) is 11.7. The summed E-state index contributed by atoms with van der Waals surface area (Å²) in [5.41, 5.74) is 1.70. The molecule has 36 heavy (non-hydrogen) atoms. The Balaban J connectivity index is 1.77. The van der Waals surface area contributed by atoms with Crippen molar-refractivity contribution in [3.05, 3.63) is 77.1 Å². The van der Waals surface area contributed by atoms with Gasteiger partial charge in [0.2, 0.25) is 11.8 Å². The minimum absolute atomic E-state index is 0.0945. The Morgan fingerprint density at radius 1 is 0.972 bits per heavy atom. The lowest BCUT2D eigenvalue weighted by Gasteiger charge is -2.41. The molecule has 3 aromatic rings. The lowest BCUT2D eigenvalue weighted by Crippen LogP contribution is -2.47. The first-order valence-electron chi connectivity index (χ1n) is 11.3. The van der Waals surface area contributed by atoms with E-state index in [0.717, 1.165) is 0 Å². The molecule has 0 aliphatic carbocycles. The fourth-order valence-electron chi connectivity index (χ4n) is 4.44. The van der Waals surface area contributed by atoms with Crippen LogP contribution in [-0.4, -0.2) is 33.1 Å². The summed E-state index contributed by atoms with van der Waals surface area (Å²) in [5.74, 6) is 0.0257. The zero-order chi connectivity index (χ0) is 25.8. The third-order valence-electron chi connectivity index (χ3n) is 6.22. The van der Waals surface area contributed by atoms with Crippen LogP contribution in [0.15, 0.2) is 60.7 Å². The van der Waals surface area contributed by atoms with E-state index < -0.39 is 17.8 Å². The molecule has 4 rings (SSSR count). The maximum atomic E-state index is 13.6. The Labute approximate surface area is 213 Å². The van der Waals surface area contributed by atoms with E-state index >= 15 is 0 Å². The van der Waals surface area contributed by atoms with Crippen molar-refractivity contribution in [2.24, 2.45) is 5.92 Å². The van der Waals surface area contributed by atoms with Crippen LogP contribution in [0.3, 0.4) is 0 Å². The van der Waals surface area contributed by atoms with Gasteiger partial charge in [0.25, 0.3) is 0 Å². The first-order chi connectivity index (χ1) is 17.4. The number of methoxy groups -OCH3 is 3. The van der Waals surface area contributed by atoms with E-state index in [4.69, 9.17) is 25.8 Å². The van der Waals surface area contributed by atoms with Gasteiger partial charge in [-0.2, -0.15) is 0 Å². The molecule has 1 N–H and O–H groups in total. The summed E-state index contributed by atoms with van der Waals surface area (Å²) in [7, 11) is 4.63. The summed E-state index contributed by atoms with van der Waals surface area (Å²) < 4.78 is 29.7. The standard InChI is InChI=1S/C27H26ClFN2O5/c1-34-19-8-6-18(7-9-19)31-25(32)13-10-20(27(33)30-17-5-11-22(29)21(28)15-17)26(31)16-4-12-23(35-2)24(14-16)36-3/h4-9,11-12,14-15,20,26H,10,13H2,1-3H3,(H,30,33). The van der Waals surface area contributed by atoms with Gasteiger partial charge in [0.1, 0.15) is 11.6 Å². The van der Waals surface area contributed by atoms with Crippen molar-refractivity contribution in [3.8, 4) is 17.2 Å². The molecule has 9 heteroatoms. The van der Waals surface area contributed by atoms with E-state index in [1.54, 1.807) is 48.4 Å². The number of nitrogens with one attached hydrogen (secondary N) is 1. The molecule has 7 nitrogen and oxygen atoms in total. The lowest BCUT2D eigenvalue weighted by molar-refractivity contribution is -0.125. The van der Waals surface area contributed by atoms with Crippen LogP contribution in [0, 0.1) is 11.7 Å². The van der Waals surface area contributed by atoms with Crippen LogP contribution in [0.1, 0.15) is 24.4 Å². The second kappa shape index (κ2) is 10.9. The average Bonchev–Trinajstić information content (AvgIpc) is 2.90. The number of hydrogen-bond donors (Lipinski definition) is 1. The van der Waals surface area contributed by atoms with Gasteiger partial charge in [-0.05, 0) is 66.6 Å². The van der Waals surface area contributed by atoms with Crippen LogP contribution in [0.2, 0.25) is 5.02 Å². The fraction of sp³-hybridized carbons (Fsp3) is 0.259. The molecular weight excluding hydrogens is 487 g/mol. The van der Waals surface area contributed by atoms with Gasteiger partial charge in [-0.1, -0.05) is 17.7 Å². The summed E-state index contributed by atoms with van der Waals surface area (Å²) in [5, 5.41) is 2.74. The number of nitrogens with zero attached hydrogens (tertiary/aromatic N) is 1. The van der Waals surface area contributed by atoms with Crippen LogP contribution in [0.4, 0.5) is 15.8 Å². The second-order valence-corrected chi connectivity index (χ2v) is 8.69. The van der Waals surface area contributed by atoms with Gasteiger partial charge in [0, 0.05) is 17.8 Å². The minimum Gasteiger partial charge on any atom is -0.497 e. The first kappa shape index (κ1) is 25.3. The second-order valence-electron chi connectivity index (χ2n) is 8.28. The molecule has 0 spiro atoms. The van der Waals surface area contributed by atoms with Crippen molar-refractivity contribution in [3.63, 3.8) is 0 Å². The van der Waals surface area contributed by atoms with E-state index in [0.29, 0.717) is 40.6 Å². The predicted octanol–water partition coefficient (Wildman–Crippen LogP) is 5.63. The van der Waals surface area contributed by atoms with Crippen molar-refractivity contribution >= 4 is 34.8 Å². The van der Waals surface area contributed by atoms with E-state index in [2.05, 4.69) is 5.32 Å². The van der Waals surface area contributed by atoms with Crippen molar-refractivity contribution in [2.45, 2.75) is 18.9 Å². The van der Waals surface area contributed by atoms with E-state index in [9.17, 15) is 14.0 Å². The van der Waals surface area contributed by atoms with Crippen molar-refractivity contribution < 1.29 is 28.2 Å². The number of ether oxygens (including phenoxy) is 3. The van der Waals surface area contributed by atoms with E-state index in [1.807, 2.05) is 6.07 Å². The van der Waals surface area contributed by atoms with Gasteiger partial charge < -0.3 is 24.4 Å². The molecule has 1 aliphatic heterocycles. The molecule has 3 aromatic carbocycles. The van der Waals surface area contributed by atoms with Gasteiger partial charge in [-0.15, -0.1) is 0 Å². The number of amides is 2. The van der Waals surface area contributed by atoms with Crippen LogP contribution in [0.5, 0.6) is 17.2 Å². The van der Waals surface area contributed by atoms with E-state index in [-0.39, 0.29) is 23.3 Å². The number of carbonyl (C=O) groups excluding carboxylic acids is 2. The monoisotopic (exact) mass is 512 g/mol. The molecule has 1 heterocycles. The Morgan fingerprint density at radius 2 is 1.69 bits per heavy atom. The highest BCUT2D eigenvalue weighted by atomic mass is 35.5. The topological polar surface area (TPSA) is 77.1 Å². The molecule has 1 saturated heterocycles. The van der Waals surface area contributed by atoms with Crippen molar-refractivity contribution in [1.29, 1.82) is 0 Å². The largest absolute Gasteiger partial charge is 0.497 e. The third-order valence-corrected chi connectivity index (χ3v) is 6.51. The molecule has 0 bridgehead atoms. The number of anilines is 2. The Hall–Kier alpha value is -3.78. The zero-order valence-electron chi connectivity index (χ0n) is 20.1. The van der Waals surface area contributed by atoms with Gasteiger partial charge in [-0.3, -0.25) is 9.59 Å². The number of benzene rings is 3. The molecular formula is C27H26ClFN2O5. The highest BCUT2D eigenvalue weighted by molar-refractivity contribution is 6.31. The summed E-state index contributed by atoms with van der Waals surface area (Å²) in [4.78, 5) is 28.4. The number of rotatable bonds is 7. The predicted molar refractivity (Wildman–Crippen MR) is 136 cm³/mol. The number of hydrogen-bond acceptors (Lipinski definition) is 5. The average molecular weight is 513 g/mol. The maximum absolute atomic E-state index is 13.6. The van der Waals surface area contributed by atoms with Gasteiger partial charge in [-0.25, -0.2) is 4.39 Å². The molecule has 2 atom stereocenters. The van der Waals surface area contributed by atoms with Gasteiger partial charge >= 0.3 is 0 Å². The van der Waals surface area contributed by atoms with E-state index in [1.165, 1.54) is 32.4 Å². The molecule has 1 aliphatic rings. The van der Waals surface area contributed by atoms with Crippen LogP contribution >= 0.6 is 11.6 Å². The Bertz CT molecular complexity index is 1270. The Kier molecular flexibility index (Phi) is 7.64. The van der Waals surface area contributed by atoms with Crippen LogP contribution < -0.4 is 24.4 Å². The third kappa shape index (κ3) is 5.09. The smallest absolute Gasteiger partial charge is 0.229 e. The van der Waals surface area contributed by atoms with Crippen LogP contribution in [0.25, 0.3) is 0 Å². The summed E-state index contributed by atoms with van der Waals surface area (Å²) >= 11 is 5.90. The lowest BCUT2D eigenvalue weighted by atomic mass is 9.83. The Morgan fingerprint density at radius 3 is 2.33 bits per heavy atom. The van der Waals surface area contributed by atoms with Crippen molar-refractivity contribution in [2.75, 3.05) is 31.5 Å². The van der Waals surface area contributed by atoms with Gasteiger partial charge in [0.15, 0.2) is 11.5 Å². The highest BCUT2D eigenvalue weighted by Crippen LogP contribution is 2.43. The molecule has 1 fully saturated rings. The fourth-order valence-corrected chi connectivity index (χ4v) is 4.62. The highest BCUT2D eigenvalue weighted by Gasteiger charge is 2.42. The molecule has 188 valence electrons. The number of piperidine rings is 1. The molecule has 2 unspecified atom stereocenters. The van der Waals surface area contributed by atoms with Crippen LogP contribution in [-0.2, 0) is 9.59 Å². The molecule has 2 amide bonds. The number of carbonyl (C=O) groups is 2. The normalized spacial score (nSPS) is 17.5. The summed E-state index contributed by atoms with van der Waals surface area (Å²) in [6, 6.07) is 15.8. The quantitative estimate of drug-likeness (QED) is 0.444. The molecule has 0 saturated carbocycles. The SMILES string of the molecule is COc1ccc(N2C(=O)CCC(C(=O)Nc3ccc(F)c(Cl)c3)C2c2ccc(OC)c(OC)c2)cc1. The number of halogens is 2. The maximum Gasteiger partial charge on any atom is 0.229 e. The minimum atomic E-state index is -0.643. The van der Waals surface area contributed by atoms with Crippen molar-refractivity contribution in [1.82, 2.24) is 0 Å². The summed E-state index contributed by atoms with van der Waals surface area (Å²) in [6.45, 7) is 0. The zero-order valence-corrected chi connectivity index (χ0v) is 20.8. The molecule has 0 radical (unpaired) electrons. The molecule has 0 aromatic heterocycles.